The Kier molecular flexibility index (Phi) is 11.9. The Bertz CT molecular complexity index is 897. The molecule has 9 heteroatoms. The predicted octanol–water partition coefficient (Wildman–Crippen LogP) is 4.06. The average Bonchev–Trinajstić information content (AvgIpc) is 2.81. The number of carboxylic acids is 1. The number of aliphatic carboxylic acids is 1. The molecule has 1 aromatic carbocycles. The van der Waals surface area contributed by atoms with Crippen molar-refractivity contribution in [2.45, 2.75) is 85.8 Å². The van der Waals surface area contributed by atoms with E-state index in [1.165, 1.54) is 12.1 Å². The molecular formula is C26H39NO8. The monoisotopic (exact) mass is 493 g/mol. The molecule has 0 amide bonds. The zero-order valence-corrected chi connectivity index (χ0v) is 21.7. The molecule has 0 saturated carbocycles. The van der Waals surface area contributed by atoms with Crippen molar-refractivity contribution in [3.05, 3.63) is 23.8 Å². The fraction of sp³-hybridized carbons (Fsp3) is 0.615. The highest BCUT2D eigenvalue weighted by atomic mass is 16.6. The van der Waals surface area contributed by atoms with Crippen molar-refractivity contribution < 1.29 is 38.5 Å². The van der Waals surface area contributed by atoms with Crippen LogP contribution in [-0.2, 0) is 23.9 Å². The molecule has 0 heterocycles. The normalized spacial score (nSPS) is 15.5. The van der Waals surface area contributed by atoms with Crippen molar-refractivity contribution in [2.75, 3.05) is 0 Å². The number of esters is 3. The van der Waals surface area contributed by atoms with Gasteiger partial charge in [0.25, 0.3) is 0 Å². The molecule has 0 radical (unpaired) electrons. The van der Waals surface area contributed by atoms with Crippen molar-refractivity contribution >= 4 is 23.9 Å². The van der Waals surface area contributed by atoms with Gasteiger partial charge in [0.05, 0.1) is 23.9 Å². The first-order chi connectivity index (χ1) is 16.3. The van der Waals surface area contributed by atoms with E-state index in [9.17, 15) is 24.3 Å². The first-order valence-corrected chi connectivity index (χ1v) is 12.1. The number of carbonyl (C=O) groups is 4. The smallest absolute Gasteiger partial charge is 0.321 e. The molecule has 0 aromatic heterocycles. The summed E-state index contributed by atoms with van der Waals surface area (Å²) >= 11 is 0. The Balaban J connectivity index is 3.41. The maximum absolute atomic E-state index is 12.5. The number of carboxylic acid groups (broad SMARTS) is 1. The van der Waals surface area contributed by atoms with Gasteiger partial charge in [-0.2, -0.15) is 0 Å². The van der Waals surface area contributed by atoms with E-state index in [0.29, 0.717) is 18.4 Å². The molecule has 0 bridgehead atoms. The number of nitrogens with two attached hydrogens (primary N) is 1. The van der Waals surface area contributed by atoms with Gasteiger partial charge in [-0.25, -0.2) is 0 Å². The number of hydrogen-bond acceptors (Lipinski definition) is 8. The highest BCUT2D eigenvalue weighted by Crippen LogP contribution is 2.35. The molecule has 5 atom stereocenters. The summed E-state index contributed by atoms with van der Waals surface area (Å²) in [4.78, 5) is 48.6. The first kappa shape index (κ1) is 30.1. The van der Waals surface area contributed by atoms with Gasteiger partial charge in [-0.05, 0) is 43.9 Å². The Labute approximate surface area is 207 Å². The molecule has 196 valence electrons. The summed E-state index contributed by atoms with van der Waals surface area (Å²) in [6, 6.07) is 3.18. The van der Waals surface area contributed by atoms with E-state index < -0.39 is 47.9 Å². The Morgan fingerprint density at radius 1 is 0.857 bits per heavy atom. The van der Waals surface area contributed by atoms with Gasteiger partial charge in [0.2, 0.25) is 0 Å². The van der Waals surface area contributed by atoms with Gasteiger partial charge < -0.3 is 25.1 Å². The molecule has 0 saturated heterocycles. The molecule has 1 aromatic rings. The SMILES string of the molecule is CCC(C)C(=O)Oc1ccc(C(CC(C)OC(=O)C(C)C)[C@H](N)C(=O)O)cc1OC(=O)C(C)CC. The van der Waals surface area contributed by atoms with E-state index >= 15 is 0 Å². The standard InChI is InChI=1S/C26H39NO8/c1-8-15(5)25(31)34-20-11-10-18(13-21(20)35-26(32)16(6)9-2)19(22(27)23(28)29)12-17(7)33-24(30)14(3)4/h10-11,13-17,19,22H,8-9,12,27H2,1-7H3,(H,28,29)/t15?,16?,17?,19?,22-/m0/s1. The summed E-state index contributed by atoms with van der Waals surface area (Å²) in [6.45, 7) is 12.2. The topological polar surface area (TPSA) is 142 Å². The van der Waals surface area contributed by atoms with Crippen LogP contribution in [0.1, 0.15) is 79.2 Å². The van der Waals surface area contributed by atoms with Crippen LogP contribution in [0.2, 0.25) is 0 Å². The van der Waals surface area contributed by atoms with Gasteiger partial charge in [-0.1, -0.05) is 47.6 Å². The maximum Gasteiger partial charge on any atom is 0.321 e. The highest BCUT2D eigenvalue weighted by molar-refractivity contribution is 5.79. The van der Waals surface area contributed by atoms with Crippen molar-refractivity contribution in [2.24, 2.45) is 23.5 Å². The lowest BCUT2D eigenvalue weighted by molar-refractivity contribution is -0.152. The van der Waals surface area contributed by atoms with Gasteiger partial charge in [0.15, 0.2) is 11.5 Å². The van der Waals surface area contributed by atoms with Crippen molar-refractivity contribution in [3.63, 3.8) is 0 Å². The van der Waals surface area contributed by atoms with E-state index in [-0.39, 0.29) is 29.8 Å². The third-order valence-electron chi connectivity index (χ3n) is 5.94. The van der Waals surface area contributed by atoms with E-state index in [1.807, 2.05) is 13.8 Å². The first-order valence-electron chi connectivity index (χ1n) is 12.1. The van der Waals surface area contributed by atoms with Crippen LogP contribution in [0.25, 0.3) is 0 Å². The predicted molar refractivity (Wildman–Crippen MR) is 130 cm³/mol. The third kappa shape index (κ3) is 8.98. The number of benzene rings is 1. The van der Waals surface area contributed by atoms with Crippen molar-refractivity contribution in [3.8, 4) is 11.5 Å². The quantitative estimate of drug-likeness (QED) is 0.307. The fourth-order valence-corrected chi connectivity index (χ4v) is 3.07. The minimum atomic E-state index is -1.32. The third-order valence-corrected chi connectivity index (χ3v) is 5.94. The molecule has 0 spiro atoms. The summed E-state index contributed by atoms with van der Waals surface area (Å²) in [5.74, 6) is -4.45. The summed E-state index contributed by atoms with van der Waals surface area (Å²) in [7, 11) is 0. The van der Waals surface area contributed by atoms with Gasteiger partial charge in [0.1, 0.15) is 6.04 Å². The second-order valence-electron chi connectivity index (χ2n) is 9.28. The lowest BCUT2D eigenvalue weighted by Gasteiger charge is -2.26. The molecule has 0 fully saturated rings. The summed E-state index contributed by atoms with van der Waals surface area (Å²) in [5.41, 5.74) is 6.44. The van der Waals surface area contributed by atoms with Crippen LogP contribution in [0.3, 0.4) is 0 Å². The number of ether oxygens (including phenoxy) is 3. The minimum absolute atomic E-state index is 0.00105. The van der Waals surface area contributed by atoms with E-state index in [2.05, 4.69) is 0 Å². The van der Waals surface area contributed by atoms with Gasteiger partial charge in [-0.3, -0.25) is 19.2 Å². The molecular weight excluding hydrogens is 454 g/mol. The van der Waals surface area contributed by atoms with E-state index in [1.54, 1.807) is 40.7 Å². The Morgan fingerprint density at radius 3 is 1.83 bits per heavy atom. The largest absolute Gasteiger partial charge is 0.480 e. The Hall–Kier alpha value is -2.94. The summed E-state index contributed by atoms with van der Waals surface area (Å²) < 4.78 is 16.4. The minimum Gasteiger partial charge on any atom is -0.480 e. The molecule has 4 unspecified atom stereocenters. The lowest BCUT2D eigenvalue weighted by Crippen LogP contribution is -2.38. The molecule has 1 rings (SSSR count). The van der Waals surface area contributed by atoms with Crippen LogP contribution in [0.15, 0.2) is 18.2 Å². The number of hydrogen-bond donors (Lipinski definition) is 2. The molecule has 0 aliphatic heterocycles. The van der Waals surface area contributed by atoms with Crippen LogP contribution >= 0.6 is 0 Å². The fourth-order valence-electron chi connectivity index (χ4n) is 3.07. The summed E-state index contributed by atoms with van der Waals surface area (Å²) in [6.07, 6.45) is 0.624. The van der Waals surface area contributed by atoms with Crippen LogP contribution < -0.4 is 15.2 Å². The van der Waals surface area contributed by atoms with Crippen molar-refractivity contribution in [1.29, 1.82) is 0 Å². The maximum atomic E-state index is 12.5. The average molecular weight is 494 g/mol. The molecule has 9 nitrogen and oxygen atoms in total. The zero-order chi connectivity index (χ0) is 26.9. The molecule has 35 heavy (non-hydrogen) atoms. The zero-order valence-electron chi connectivity index (χ0n) is 21.7. The van der Waals surface area contributed by atoms with E-state index in [0.717, 1.165) is 0 Å². The van der Waals surface area contributed by atoms with Crippen LogP contribution in [0.5, 0.6) is 11.5 Å². The lowest BCUT2D eigenvalue weighted by atomic mass is 9.87. The molecule has 0 aliphatic rings. The summed E-state index contributed by atoms with van der Waals surface area (Å²) in [5, 5.41) is 9.59. The van der Waals surface area contributed by atoms with Gasteiger partial charge in [0, 0.05) is 5.92 Å². The van der Waals surface area contributed by atoms with Crippen LogP contribution in [0.4, 0.5) is 0 Å². The number of carbonyl (C=O) groups excluding carboxylic acids is 3. The number of rotatable bonds is 13. The van der Waals surface area contributed by atoms with E-state index in [4.69, 9.17) is 19.9 Å². The van der Waals surface area contributed by atoms with Crippen LogP contribution in [0, 0.1) is 17.8 Å². The van der Waals surface area contributed by atoms with Crippen LogP contribution in [-0.4, -0.2) is 41.1 Å². The molecule has 3 N–H and O–H groups in total. The second kappa shape index (κ2) is 13.8. The second-order valence-corrected chi connectivity index (χ2v) is 9.28. The Morgan fingerprint density at radius 2 is 1.37 bits per heavy atom. The highest BCUT2D eigenvalue weighted by Gasteiger charge is 2.30. The van der Waals surface area contributed by atoms with Gasteiger partial charge in [-0.15, -0.1) is 0 Å². The van der Waals surface area contributed by atoms with Gasteiger partial charge >= 0.3 is 23.9 Å². The van der Waals surface area contributed by atoms with Crippen molar-refractivity contribution in [1.82, 2.24) is 0 Å². The molecule has 0 aliphatic carbocycles.